The van der Waals surface area contributed by atoms with Crippen molar-refractivity contribution in [2.75, 3.05) is 11.1 Å². The summed E-state index contributed by atoms with van der Waals surface area (Å²) in [6.07, 6.45) is -2.93. The van der Waals surface area contributed by atoms with Crippen LogP contribution in [0.4, 0.5) is 24.5 Å². The van der Waals surface area contributed by atoms with Crippen LogP contribution in [0.25, 0.3) is 5.52 Å². The average molecular weight is 429 g/mol. The Labute approximate surface area is 172 Å². The molecule has 3 N–H and O–H groups in total. The van der Waals surface area contributed by atoms with Gasteiger partial charge in [-0.15, -0.1) is 11.3 Å². The number of fused-ring (bicyclic) bond motifs is 1. The summed E-state index contributed by atoms with van der Waals surface area (Å²) in [7, 11) is 0. The molecular formula is C21H14F3N3O2S. The summed E-state index contributed by atoms with van der Waals surface area (Å²) >= 11 is 1.24. The van der Waals surface area contributed by atoms with Crippen molar-refractivity contribution in [1.82, 2.24) is 4.40 Å². The first-order valence-electron chi connectivity index (χ1n) is 8.72. The highest BCUT2D eigenvalue weighted by atomic mass is 32.1. The zero-order valence-electron chi connectivity index (χ0n) is 15.2. The van der Waals surface area contributed by atoms with Crippen LogP contribution in [0, 0.1) is 0 Å². The van der Waals surface area contributed by atoms with Crippen LogP contribution < -0.4 is 11.1 Å². The average Bonchev–Trinajstić information content (AvgIpc) is 3.33. The van der Waals surface area contributed by atoms with E-state index < -0.39 is 17.6 Å². The van der Waals surface area contributed by atoms with Gasteiger partial charge in [0.05, 0.1) is 27.2 Å². The molecule has 3 heterocycles. The molecule has 0 aliphatic carbocycles. The number of thiophene rings is 1. The molecule has 5 nitrogen and oxygen atoms in total. The predicted molar refractivity (Wildman–Crippen MR) is 109 cm³/mol. The summed E-state index contributed by atoms with van der Waals surface area (Å²) in [5, 5.41) is 4.20. The normalized spacial score (nSPS) is 11.6. The Balaban J connectivity index is 1.77. The van der Waals surface area contributed by atoms with Gasteiger partial charge in [-0.25, -0.2) is 0 Å². The summed E-state index contributed by atoms with van der Waals surface area (Å²) in [5.74, 6) is -1.05. The molecule has 0 aliphatic heterocycles. The minimum Gasteiger partial charge on any atom is -0.396 e. The van der Waals surface area contributed by atoms with Crippen LogP contribution in [0.3, 0.4) is 0 Å². The molecular weight excluding hydrogens is 415 g/mol. The van der Waals surface area contributed by atoms with Crippen molar-refractivity contribution in [2.24, 2.45) is 0 Å². The fourth-order valence-corrected chi connectivity index (χ4v) is 3.85. The lowest BCUT2D eigenvalue weighted by molar-refractivity contribution is -0.137. The van der Waals surface area contributed by atoms with Gasteiger partial charge in [0.15, 0.2) is 0 Å². The van der Waals surface area contributed by atoms with E-state index in [9.17, 15) is 22.8 Å². The second-order valence-corrected chi connectivity index (χ2v) is 7.38. The van der Waals surface area contributed by atoms with Crippen molar-refractivity contribution < 1.29 is 22.8 Å². The number of hydrogen-bond acceptors (Lipinski definition) is 4. The predicted octanol–water partition coefficient (Wildman–Crippen LogP) is 5.09. The number of benzene rings is 1. The Hall–Kier alpha value is -3.59. The van der Waals surface area contributed by atoms with E-state index in [1.807, 2.05) is 0 Å². The lowest BCUT2D eigenvalue weighted by Crippen LogP contribution is -2.15. The summed E-state index contributed by atoms with van der Waals surface area (Å²) in [6, 6.07) is 12.6. The van der Waals surface area contributed by atoms with Crippen LogP contribution in [0.15, 0.2) is 66.2 Å². The smallest absolute Gasteiger partial charge is 0.396 e. The van der Waals surface area contributed by atoms with Gasteiger partial charge in [-0.3, -0.25) is 9.59 Å². The molecule has 0 radical (unpaired) electrons. The summed E-state index contributed by atoms with van der Waals surface area (Å²) in [6.45, 7) is 0. The lowest BCUT2D eigenvalue weighted by Gasteiger charge is -2.10. The number of rotatable bonds is 4. The van der Waals surface area contributed by atoms with Crippen molar-refractivity contribution >= 4 is 39.9 Å². The number of nitrogens with zero attached hydrogens (tertiary/aromatic N) is 1. The van der Waals surface area contributed by atoms with Crippen LogP contribution in [0.5, 0.6) is 0 Å². The molecule has 9 heteroatoms. The highest BCUT2D eigenvalue weighted by Crippen LogP contribution is 2.32. The molecule has 0 bridgehead atoms. The minimum atomic E-state index is -4.54. The van der Waals surface area contributed by atoms with Gasteiger partial charge in [0.1, 0.15) is 5.69 Å². The topological polar surface area (TPSA) is 76.6 Å². The molecule has 0 aliphatic rings. The number of nitrogens with two attached hydrogens (primary N) is 1. The second-order valence-electron chi connectivity index (χ2n) is 6.43. The van der Waals surface area contributed by atoms with E-state index in [1.165, 1.54) is 27.9 Å². The van der Waals surface area contributed by atoms with E-state index in [4.69, 9.17) is 5.73 Å². The van der Waals surface area contributed by atoms with Gasteiger partial charge in [0.25, 0.3) is 5.91 Å². The first kappa shape index (κ1) is 19.7. The van der Waals surface area contributed by atoms with Crippen molar-refractivity contribution in [3.63, 3.8) is 0 Å². The SMILES string of the molecule is Nc1c(C(=O)Nc2cccc(C(F)(F)F)c2)c2ccccn2c1C(=O)c1cccs1. The van der Waals surface area contributed by atoms with E-state index in [0.717, 1.165) is 12.1 Å². The van der Waals surface area contributed by atoms with Gasteiger partial charge in [0, 0.05) is 11.9 Å². The molecule has 0 unspecified atom stereocenters. The Kier molecular flexibility index (Phi) is 4.83. The van der Waals surface area contributed by atoms with Gasteiger partial charge in [-0.2, -0.15) is 13.2 Å². The third kappa shape index (κ3) is 3.43. The van der Waals surface area contributed by atoms with Gasteiger partial charge in [-0.05, 0) is 41.8 Å². The third-order valence-corrected chi connectivity index (χ3v) is 5.38. The van der Waals surface area contributed by atoms with Crippen LogP contribution in [0.2, 0.25) is 0 Å². The monoisotopic (exact) mass is 429 g/mol. The van der Waals surface area contributed by atoms with Crippen molar-refractivity contribution in [2.45, 2.75) is 6.18 Å². The number of alkyl halides is 3. The molecule has 4 aromatic rings. The molecule has 0 spiro atoms. The quantitative estimate of drug-likeness (QED) is 0.444. The number of pyridine rings is 1. The Morgan fingerprint density at radius 3 is 2.53 bits per heavy atom. The lowest BCUT2D eigenvalue weighted by atomic mass is 10.1. The summed E-state index contributed by atoms with van der Waals surface area (Å²) in [4.78, 5) is 26.3. The number of carbonyl (C=O) groups is 2. The van der Waals surface area contributed by atoms with Gasteiger partial charge < -0.3 is 15.5 Å². The first-order valence-corrected chi connectivity index (χ1v) is 9.60. The van der Waals surface area contributed by atoms with E-state index in [0.29, 0.717) is 10.4 Å². The van der Waals surface area contributed by atoms with Crippen LogP contribution in [-0.2, 0) is 6.18 Å². The molecule has 152 valence electrons. The Morgan fingerprint density at radius 2 is 1.83 bits per heavy atom. The number of amides is 1. The maximum Gasteiger partial charge on any atom is 0.416 e. The van der Waals surface area contributed by atoms with Gasteiger partial charge >= 0.3 is 6.18 Å². The molecule has 0 atom stereocenters. The van der Waals surface area contributed by atoms with Crippen molar-refractivity contribution in [1.29, 1.82) is 0 Å². The zero-order valence-corrected chi connectivity index (χ0v) is 16.1. The number of ketones is 1. The largest absolute Gasteiger partial charge is 0.416 e. The Morgan fingerprint density at radius 1 is 1.03 bits per heavy atom. The molecule has 30 heavy (non-hydrogen) atoms. The van der Waals surface area contributed by atoms with Gasteiger partial charge in [0.2, 0.25) is 5.78 Å². The number of halogens is 3. The molecule has 0 saturated heterocycles. The van der Waals surface area contributed by atoms with Crippen LogP contribution in [0.1, 0.15) is 31.3 Å². The molecule has 0 fully saturated rings. The molecule has 3 aromatic heterocycles. The third-order valence-electron chi connectivity index (χ3n) is 4.52. The van der Waals surface area contributed by atoms with E-state index in [1.54, 1.807) is 41.9 Å². The number of aromatic nitrogens is 1. The van der Waals surface area contributed by atoms with E-state index >= 15 is 0 Å². The van der Waals surface area contributed by atoms with Crippen molar-refractivity contribution in [3.8, 4) is 0 Å². The Bertz CT molecular complexity index is 1260. The molecule has 4 rings (SSSR count). The molecule has 1 amide bonds. The van der Waals surface area contributed by atoms with E-state index in [-0.39, 0.29) is 28.4 Å². The van der Waals surface area contributed by atoms with Gasteiger partial charge in [-0.1, -0.05) is 18.2 Å². The highest BCUT2D eigenvalue weighted by molar-refractivity contribution is 7.12. The minimum absolute atomic E-state index is 0.0212. The zero-order chi connectivity index (χ0) is 21.5. The highest BCUT2D eigenvalue weighted by Gasteiger charge is 2.31. The fourth-order valence-electron chi connectivity index (χ4n) is 3.19. The van der Waals surface area contributed by atoms with Crippen LogP contribution in [-0.4, -0.2) is 16.1 Å². The van der Waals surface area contributed by atoms with Crippen molar-refractivity contribution in [3.05, 3.63) is 87.9 Å². The summed E-state index contributed by atoms with van der Waals surface area (Å²) < 4.78 is 40.4. The standard InChI is InChI=1S/C21H14F3N3O2S/c22-21(23,24)12-5-3-6-13(11-12)26-20(29)16-14-7-1-2-9-27(14)18(17(16)25)19(28)15-8-4-10-30-15/h1-11H,25H2,(H,26,29). The summed E-state index contributed by atoms with van der Waals surface area (Å²) in [5.41, 5.74) is 5.77. The van der Waals surface area contributed by atoms with Crippen LogP contribution >= 0.6 is 11.3 Å². The van der Waals surface area contributed by atoms with E-state index in [2.05, 4.69) is 5.32 Å². The number of anilines is 2. The number of hydrogen-bond donors (Lipinski definition) is 2. The first-order chi connectivity index (χ1) is 14.3. The molecule has 1 aromatic carbocycles. The molecule has 0 saturated carbocycles. The maximum absolute atomic E-state index is 13.0. The fraction of sp³-hybridized carbons (Fsp3) is 0.0476. The number of carbonyl (C=O) groups excluding carboxylic acids is 2. The number of nitrogen functional groups attached to an aromatic ring is 1. The maximum atomic E-state index is 13.0. The number of nitrogens with one attached hydrogen (secondary N) is 1. The second kappa shape index (κ2) is 7.34.